The minimum Gasteiger partial charge on any atom is -0.478 e. The molecular formula is C15H21NO2. The standard InChI is InChI=1S/C15H21NO2/c1-3-16(11-7-8-13(2)15(17)18)12-14-9-5-4-6-10-14/h4-6,9-10H,2-3,7-8,11-12H2,1H3,(H,17,18). The van der Waals surface area contributed by atoms with Gasteiger partial charge in [0.25, 0.3) is 0 Å². The zero-order valence-corrected chi connectivity index (χ0v) is 10.9. The van der Waals surface area contributed by atoms with E-state index in [1.807, 2.05) is 18.2 Å². The molecule has 0 amide bonds. The molecule has 0 atom stereocenters. The van der Waals surface area contributed by atoms with Gasteiger partial charge in [-0.3, -0.25) is 4.90 Å². The van der Waals surface area contributed by atoms with Crippen molar-refractivity contribution in [3.63, 3.8) is 0 Å². The van der Waals surface area contributed by atoms with Gasteiger partial charge in [-0.1, -0.05) is 43.8 Å². The van der Waals surface area contributed by atoms with E-state index in [0.29, 0.717) is 12.0 Å². The van der Waals surface area contributed by atoms with Crippen molar-refractivity contribution in [3.05, 3.63) is 48.0 Å². The Bertz CT molecular complexity index is 387. The van der Waals surface area contributed by atoms with Crippen LogP contribution in [-0.4, -0.2) is 29.1 Å². The molecule has 0 saturated carbocycles. The molecule has 0 aliphatic rings. The molecule has 98 valence electrons. The summed E-state index contributed by atoms with van der Waals surface area (Å²) < 4.78 is 0. The first-order valence-corrected chi connectivity index (χ1v) is 6.30. The van der Waals surface area contributed by atoms with Crippen LogP contribution in [0.25, 0.3) is 0 Å². The lowest BCUT2D eigenvalue weighted by Crippen LogP contribution is -2.24. The van der Waals surface area contributed by atoms with Crippen molar-refractivity contribution in [1.29, 1.82) is 0 Å². The molecule has 0 aliphatic carbocycles. The summed E-state index contributed by atoms with van der Waals surface area (Å²) in [4.78, 5) is 12.9. The molecule has 0 spiro atoms. The van der Waals surface area contributed by atoms with Gasteiger partial charge >= 0.3 is 5.97 Å². The Morgan fingerprint density at radius 3 is 2.56 bits per heavy atom. The molecule has 0 fully saturated rings. The fraction of sp³-hybridized carbons (Fsp3) is 0.400. The van der Waals surface area contributed by atoms with E-state index in [1.54, 1.807) is 0 Å². The van der Waals surface area contributed by atoms with Crippen LogP contribution in [0.3, 0.4) is 0 Å². The minimum absolute atomic E-state index is 0.297. The van der Waals surface area contributed by atoms with E-state index in [4.69, 9.17) is 5.11 Å². The third-order valence-electron chi connectivity index (χ3n) is 2.95. The van der Waals surface area contributed by atoms with Crippen molar-refractivity contribution < 1.29 is 9.90 Å². The molecule has 0 bridgehead atoms. The molecule has 0 heterocycles. The lowest BCUT2D eigenvalue weighted by atomic mass is 10.1. The summed E-state index contributed by atoms with van der Waals surface area (Å²) >= 11 is 0. The van der Waals surface area contributed by atoms with Crippen LogP contribution in [0, 0.1) is 0 Å². The highest BCUT2D eigenvalue weighted by Gasteiger charge is 2.06. The monoisotopic (exact) mass is 247 g/mol. The fourth-order valence-electron chi connectivity index (χ4n) is 1.81. The molecule has 1 N–H and O–H groups in total. The second kappa shape index (κ2) is 7.67. The largest absolute Gasteiger partial charge is 0.478 e. The second-order valence-electron chi connectivity index (χ2n) is 4.37. The van der Waals surface area contributed by atoms with Gasteiger partial charge in [-0.05, 0) is 31.5 Å². The fourth-order valence-corrected chi connectivity index (χ4v) is 1.81. The van der Waals surface area contributed by atoms with Crippen LogP contribution in [0.1, 0.15) is 25.3 Å². The minimum atomic E-state index is -0.888. The van der Waals surface area contributed by atoms with Gasteiger partial charge < -0.3 is 5.11 Å². The quantitative estimate of drug-likeness (QED) is 0.718. The number of carbonyl (C=O) groups is 1. The van der Waals surface area contributed by atoms with Crippen LogP contribution >= 0.6 is 0 Å². The van der Waals surface area contributed by atoms with Gasteiger partial charge in [-0.25, -0.2) is 4.79 Å². The van der Waals surface area contributed by atoms with Crippen LogP contribution in [0.2, 0.25) is 0 Å². The van der Waals surface area contributed by atoms with Crippen molar-refractivity contribution in [2.45, 2.75) is 26.3 Å². The van der Waals surface area contributed by atoms with Gasteiger partial charge in [0, 0.05) is 12.1 Å². The highest BCUT2D eigenvalue weighted by Crippen LogP contribution is 2.08. The predicted molar refractivity (Wildman–Crippen MR) is 73.4 cm³/mol. The molecule has 0 radical (unpaired) electrons. The first kappa shape index (κ1) is 14.5. The number of hydrogen-bond donors (Lipinski definition) is 1. The molecule has 1 aromatic rings. The van der Waals surface area contributed by atoms with Crippen LogP contribution in [-0.2, 0) is 11.3 Å². The molecule has 0 aromatic heterocycles. The van der Waals surface area contributed by atoms with Gasteiger partial charge in [0.15, 0.2) is 0 Å². The van der Waals surface area contributed by atoms with Crippen LogP contribution < -0.4 is 0 Å². The van der Waals surface area contributed by atoms with E-state index < -0.39 is 5.97 Å². The van der Waals surface area contributed by atoms with Crippen molar-refractivity contribution in [1.82, 2.24) is 4.90 Å². The SMILES string of the molecule is C=C(CCCN(CC)Cc1ccccc1)C(=O)O. The highest BCUT2D eigenvalue weighted by atomic mass is 16.4. The normalized spacial score (nSPS) is 10.6. The average molecular weight is 247 g/mol. The van der Waals surface area contributed by atoms with Gasteiger partial charge in [-0.15, -0.1) is 0 Å². The topological polar surface area (TPSA) is 40.5 Å². The third kappa shape index (κ3) is 5.15. The lowest BCUT2D eigenvalue weighted by Gasteiger charge is -2.20. The Balaban J connectivity index is 2.34. The summed E-state index contributed by atoms with van der Waals surface area (Å²) in [6.07, 6.45) is 1.40. The zero-order chi connectivity index (χ0) is 13.4. The average Bonchev–Trinajstić information content (AvgIpc) is 2.38. The summed E-state index contributed by atoms with van der Waals surface area (Å²) in [7, 11) is 0. The number of benzene rings is 1. The number of carboxylic acid groups (broad SMARTS) is 1. The van der Waals surface area contributed by atoms with E-state index in [2.05, 4.69) is 30.5 Å². The van der Waals surface area contributed by atoms with Crippen LogP contribution in [0.15, 0.2) is 42.5 Å². The predicted octanol–water partition coefficient (Wildman–Crippen LogP) is 2.93. The van der Waals surface area contributed by atoms with Crippen molar-refractivity contribution >= 4 is 5.97 Å². The Hall–Kier alpha value is -1.61. The summed E-state index contributed by atoms with van der Waals surface area (Å²) in [6, 6.07) is 10.3. The highest BCUT2D eigenvalue weighted by molar-refractivity contribution is 5.85. The van der Waals surface area contributed by atoms with Gasteiger partial charge in [-0.2, -0.15) is 0 Å². The molecule has 1 aromatic carbocycles. The lowest BCUT2D eigenvalue weighted by molar-refractivity contribution is -0.132. The smallest absolute Gasteiger partial charge is 0.330 e. The number of carboxylic acids is 1. The molecule has 1 rings (SSSR count). The Morgan fingerprint density at radius 2 is 2.00 bits per heavy atom. The summed E-state index contributed by atoms with van der Waals surface area (Å²) in [5.74, 6) is -0.888. The van der Waals surface area contributed by atoms with Gasteiger partial charge in [0.2, 0.25) is 0 Å². The van der Waals surface area contributed by atoms with Crippen molar-refractivity contribution in [3.8, 4) is 0 Å². The number of hydrogen-bond acceptors (Lipinski definition) is 2. The van der Waals surface area contributed by atoms with E-state index in [1.165, 1.54) is 5.56 Å². The molecule has 18 heavy (non-hydrogen) atoms. The first-order valence-electron chi connectivity index (χ1n) is 6.30. The van der Waals surface area contributed by atoms with E-state index in [-0.39, 0.29) is 0 Å². The Morgan fingerprint density at radius 1 is 1.33 bits per heavy atom. The van der Waals surface area contributed by atoms with Gasteiger partial charge in [0.1, 0.15) is 0 Å². The van der Waals surface area contributed by atoms with E-state index in [9.17, 15) is 4.79 Å². The first-order chi connectivity index (χ1) is 8.63. The molecule has 0 saturated heterocycles. The summed E-state index contributed by atoms with van der Waals surface area (Å²) in [6.45, 7) is 8.44. The van der Waals surface area contributed by atoms with Crippen molar-refractivity contribution in [2.24, 2.45) is 0 Å². The number of aliphatic carboxylic acids is 1. The van der Waals surface area contributed by atoms with E-state index >= 15 is 0 Å². The molecule has 0 unspecified atom stereocenters. The van der Waals surface area contributed by atoms with Crippen molar-refractivity contribution in [2.75, 3.05) is 13.1 Å². The maximum atomic E-state index is 10.6. The summed E-state index contributed by atoms with van der Waals surface area (Å²) in [5, 5.41) is 8.73. The maximum Gasteiger partial charge on any atom is 0.330 e. The number of nitrogens with zero attached hydrogens (tertiary/aromatic N) is 1. The van der Waals surface area contributed by atoms with E-state index in [0.717, 1.165) is 26.1 Å². The third-order valence-corrected chi connectivity index (χ3v) is 2.95. The van der Waals surface area contributed by atoms with Gasteiger partial charge in [0.05, 0.1) is 0 Å². The molecule has 3 nitrogen and oxygen atoms in total. The summed E-state index contributed by atoms with van der Waals surface area (Å²) in [5.41, 5.74) is 1.59. The van der Waals surface area contributed by atoms with Crippen LogP contribution in [0.5, 0.6) is 0 Å². The Kier molecular flexibility index (Phi) is 6.15. The molecule has 0 aliphatic heterocycles. The second-order valence-corrected chi connectivity index (χ2v) is 4.37. The Labute approximate surface area is 109 Å². The maximum absolute atomic E-state index is 10.6. The van der Waals surface area contributed by atoms with Crippen LogP contribution in [0.4, 0.5) is 0 Å². The number of rotatable bonds is 8. The molecular weight excluding hydrogens is 226 g/mol. The molecule has 3 heteroatoms. The zero-order valence-electron chi connectivity index (χ0n) is 10.9.